The zero-order valence-corrected chi connectivity index (χ0v) is 8.21. The van der Waals surface area contributed by atoms with Crippen LogP contribution in [0.15, 0.2) is 0 Å². The fraction of sp³-hybridized carbons (Fsp3) is 0.900. The molecule has 1 N–H and O–H groups in total. The van der Waals surface area contributed by atoms with Crippen molar-refractivity contribution in [3.8, 4) is 0 Å². The molecule has 1 rings (SSSR count). The first-order valence-electron chi connectivity index (χ1n) is 4.94. The van der Waals surface area contributed by atoms with Crippen molar-refractivity contribution in [2.24, 2.45) is 5.41 Å². The highest BCUT2D eigenvalue weighted by molar-refractivity contribution is 5.75. The van der Waals surface area contributed by atoms with Crippen LogP contribution in [0.2, 0.25) is 0 Å². The first-order chi connectivity index (χ1) is 6.21. The Bertz CT molecular complexity index is 173. The van der Waals surface area contributed by atoms with Gasteiger partial charge in [-0.2, -0.15) is 0 Å². The lowest BCUT2D eigenvalue weighted by molar-refractivity contribution is -0.155. The Labute approximate surface area is 79.1 Å². The van der Waals surface area contributed by atoms with E-state index in [1.165, 1.54) is 0 Å². The van der Waals surface area contributed by atoms with Crippen LogP contribution in [-0.4, -0.2) is 24.8 Å². The van der Waals surface area contributed by atoms with E-state index in [1.807, 2.05) is 0 Å². The van der Waals surface area contributed by atoms with E-state index in [-0.39, 0.29) is 5.41 Å². The minimum absolute atomic E-state index is 0.367. The summed E-state index contributed by atoms with van der Waals surface area (Å²) in [6.45, 7) is 0.746. The summed E-state index contributed by atoms with van der Waals surface area (Å²) >= 11 is 0. The molecule has 0 heterocycles. The van der Waals surface area contributed by atoms with E-state index in [9.17, 15) is 4.79 Å². The van der Waals surface area contributed by atoms with Crippen molar-refractivity contribution in [3.63, 3.8) is 0 Å². The van der Waals surface area contributed by atoms with Crippen molar-refractivity contribution in [1.29, 1.82) is 0 Å². The second-order valence-corrected chi connectivity index (χ2v) is 3.89. The summed E-state index contributed by atoms with van der Waals surface area (Å²) in [6, 6.07) is 0. The molecule has 3 heteroatoms. The average molecular weight is 186 g/mol. The van der Waals surface area contributed by atoms with Gasteiger partial charge in [-0.15, -0.1) is 0 Å². The first kappa shape index (κ1) is 10.5. The lowest BCUT2D eigenvalue weighted by Crippen LogP contribution is -2.37. The molecule has 76 valence electrons. The average Bonchev–Trinajstić information content (AvgIpc) is 2.01. The fourth-order valence-corrected chi connectivity index (χ4v) is 1.88. The Balaban J connectivity index is 2.21. The molecule has 0 aromatic carbocycles. The number of carboxylic acids is 1. The predicted octanol–water partition coefficient (Wildman–Crippen LogP) is 2.06. The van der Waals surface area contributed by atoms with Gasteiger partial charge in [0.15, 0.2) is 0 Å². The van der Waals surface area contributed by atoms with Crippen LogP contribution in [0.1, 0.15) is 38.5 Å². The van der Waals surface area contributed by atoms with E-state index >= 15 is 0 Å². The quantitative estimate of drug-likeness (QED) is 0.646. The van der Waals surface area contributed by atoms with Gasteiger partial charge in [0.25, 0.3) is 0 Å². The maximum atomic E-state index is 10.9. The molecule has 0 saturated heterocycles. The highest BCUT2D eigenvalue weighted by atomic mass is 16.5. The minimum atomic E-state index is -0.601. The number of hydrogen-bond donors (Lipinski definition) is 1. The number of rotatable bonds is 6. The predicted molar refractivity (Wildman–Crippen MR) is 49.6 cm³/mol. The summed E-state index contributed by atoms with van der Waals surface area (Å²) in [4.78, 5) is 10.9. The molecule has 0 bridgehead atoms. The van der Waals surface area contributed by atoms with Crippen LogP contribution in [0, 0.1) is 5.41 Å². The molecule has 0 radical (unpaired) electrons. The number of hydrogen-bond acceptors (Lipinski definition) is 2. The molecule has 0 atom stereocenters. The maximum Gasteiger partial charge on any atom is 0.309 e. The Morgan fingerprint density at radius 3 is 2.54 bits per heavy atom. The summed E-state index contributed by atoms with van der Waals surface area (Å²) in [5, 5.41) is 9.01. The normalized spacial score (nSPS) is 19.5. The van der Waals surface area contributed by atoms with Gasteiger partial charge >= 0.3 is 5.97 Å². The Hall–Kier alpha value is -0.570. The van der Waals surface area contributed by atoms with Crippen molar-refractivity contribution in [3.05, 3.63) is 0 Å². The molecule has 0 spiro atoms. The lowest BCUT2D eigenvalue weighted by atomic mass is 9.66. The lowest BCUT2D eigenvalue weighted by Gasteiger charge is -2.37. The molecule has 0 unspecified atom stereocenters. The molecule has 3 nitrogen and oxygen atoms in total. The van der Waals surface area contributed by atoms with Gasteiger partial charge in [-0.3, -0.25) is 4.79 Å². The standard InChI is InChI=1S/C10H18O3/c1-13-8-3-2-5-10(9(11)12)6-4-7-10/h2-8H2,1H3,(H,11,12). The summed E-state index contributed by atoms with van der Waals surface area (Å²) in [6.07, 6.45) is 5.60. The Morgan fingerprint density at radius 2 is 2.15 bits per heavy atom. The molecule has 1 saturated carbocycles. The molecule has 1 fully saturated rings. The van der Waals surface area contributed by atoms with E-state index in [4.69, 9.17) is 9.84 Å². The van der Waals surface area contributed by atoms with Crippen LogP contribution in [-0.2, 0) is 9.53 Å². The molecule has 0 amide bonds. The molecule has 1 aliphatic carbocycles. The fourth-order valence-electron chi connectivity index (χ4n) is 1.88. The van der Waals surface area contributed by atoms with E-state index in [1.54, 1.807) is 7.11 Å². The van der Waals surface area contributed by atoms with Gasteiger partial charge in [0.2, 0.25) is 0 Å². The third-order valence-electron chi connectivity index (χ3n) is 3.02. The van der Waals surface area contributed by atoms with Crippen LogP contribution in [0.4, 0.5) is 0 Å². The topological polar surface area (TPSA) is 46.5 Å². The van der Waals surface area contributed by atoms with Gasteiger partial charge in [-0.1, -0.05) is 12.8 Å². The largest absolute Gasteiger partial charge is 0.481 e. The summed E-state index contributed by atoms with van der Waals surface area (Å²) in [7, 11) is 1.68. The highest BCUT2D eigenvalue weighted by Gasteiger charge is 2.43. The summed E-state index contributed by atoms with van der Waals surface area (Å²) in [5.41, 5.74) is -0.367. The van der Waals surface area contributed by atoms with Crippen molar-refractivity contribution in [2.45, 2.75) is 38.5 Å². The Kier molecular flexibility index (Phi) is 3.72. The number of unbranched alkanes of at least 4 members (excludes halogenated alkanes) is 1. The van der Waals surface area contributed by atoms with E-state index < -0.39 is 5.97 Å². The smallest absolute Gasteiger partial charge is 0.309 e. The van der Waals surface area contributed by atoms with Crippen LogP contribution in [0.5, 0.6) is 0 Å². The van der Waals surface area contributed by atoms with Gasteiger partial charge < -0.3 is 9.84 Å². The second kappa shape index (κ2) is 4.61. The van der Waals surface area contributed by atoms with E-state index in [0.717, 1.165) is 45.1 Å². The third-order valence-corrected chi connectivity index (χ3v) is 3.02. The monoisotopic (exact) mass is 186 g/mol. The van der Waals surface area contributed by atoms with Crippen LogP contribution in [0.3, 0.4) is 0 Å². The van der Waals surface area contributed by atoms with Crippen LogP contribution >= 0.6 is 0 Å². The molecular weight excluding hydrogens is 168 g/mol. The van der Waals surface area contributed by atoms with Crippen molar-refractivity contribution >= 4 is 5.97 Å². The molecule has 1 aliphatic rings. The first-order valence-corrected chi connectivity index (χ1v) is 4.94. The molecular formula is C10H18O3. The third kappa shape index (κ3) is 2.44. The van der Waals surface area contributed by atoms with Gasteiger partial charge in [0, 0.05) is 13.7 Å². The van der Waals surface area contributed by atoms with E-state index in [0.29, 0.717) is 0 Å². The maximum absolute atomic E-state index is 10.9. The number of carboxylic acid groups (broad SMARTS) is 1. The van der Waals surface area contributed by atoms with Gasteiger partial charge in [0.1, 0.15) is 0 Å². The van der Waals surface area contributed by atoms with Crippen molar-refractivity contribution in [2.75, 3.05) is 13.7 Å². The molecule has 13 heavy (non-hydrogen) atoms. The molecule has 0 aromatic heterocycles. The SMILES string of the molecule is COCCCCC1(C(=O)O)CCC1. The number of ether oxygens (including phenoxy) is 1. The summed E-state index contributed by atoms with van der Waals surface area (Å²) in [5.74, 6) is -0.601. The van der Waals surface area contributed by atoms with E-state index in [2.05, 4.69) is 0 Å². The van der Waals surface area contributed by atoms with Gasteiger partial charge in [-0.25, -0.2) is 0 Å². The number of aliphatic carboxylic acids is 1. The van der Waals surface area contributed by atoms with Gasteiger partial charge in [0.05, 0.1) is 5.41 Å². The van der Waals surface area contributed by atoms with Crippen molar-refractivity contribution < 1.29 is 14.6 Å². The highest BCUT2D eigenvalue weighted by Crippen LogP contribution is 2.45. The minimum Gasteiger partial charge on any atom is -0.481 e. The molecule has 0 aromatic rings. The summed E-state index contributed by atoms with van der Waals surface area (Å²) < 4.78 is 4.92. The number of methoxy groups -OCH3 is 1. The second-order valence-electron chi connectivity index (χ2n) is 3.89. The van der Waals surface area contributed by atoms with Crippen LogP contribution < -0.4 is 0 Å². The van der Waals surface area contributed by atoms with Crippen molar-refractivity contribution in [1.82, 2.24) is 0 Å². The van der Waals surface area contributed by atoms with Gasteiger partial charge in [-0.05, 0) is 25.7 Å². The zero-order chi connectivity index (χ0) is 9.73. The number of carbonyl (C=O) groups is 1. The van der Waals surface area contributed by atoms with Crippen LogP contribution in [0.25, 0.3) is 0 Å². The Morgan fingerprint density at radius 1 is 1.46 bits per heavy atom. The molecule has 0 aliphatic heterocycles. The zero-order valence-electron chi connectivity index (χ0n) is 8.21.